The molecular weight excluding hydrogens is 116 g/mol. The van der Waals surface area contributed by atoms with Gasteiger partial charge in [-0.2, -0.15) is 0 Å². The van der Waals surface area contributed by atoms with Crippen LogP contribution in [0.3, 0.4) is 0 Å². The molecule has 0 N–H and O–H groups in total. The molecule has 2 aliphatic heterocycles. The first kappa shape index (κ1) is 5.69. The van der Waals surface area contributed by atoms with Gasteiger partial charge in [0.1, 0.15) is 0 Å². The van der Waals surface area contributed by atoms with Gasteiger partial charge in [0.2, 0.25) is 0 Å². The van der Waals surface area contributed by atoms with Gasteiger partial charge < -0.3 is 9.47 Å². The Morgan fingerprint density at radius 2 is 2.22 bits per heavy atom. The van der Waals surface area contributed by atoms with Crippen LogP contribution in [-0.2, 0) is 9.47 Å². The molecule has 0 spiro atoms. The van der Waals surface area contributed by atoms with Gasteiger partial charge in [-0.05, 0) is 12.3 Å². The van der Waals surface area contributed by atoms with Gasteiger partial charge >= 0.3 is 0 Å². The molecule has 3 unspecified atom stereocenters. The van der Waals surface area contributed by atoms with Crippen molar-refractivity contribution in [2.75, 3.05) is 13.2 Å². The smallest absolute Gasteiger partial charge is 0.160 e. The number of ether oxygens (including phenoxy) is 2. The van der Waals surface area contributed by atoms with Crippen LogP contribution >= 0.6 is 0 Å². The monoisotopic (exact) mass is 128 g/mol. The standard InChI is InChI=1S/C7H12O2/c1-5-4-9-7-6(5)2-3-8-7/h5-7H,2-4H2,1H3. The molecule has 0 aliphatic carbocycles. The van der Waals surface area contributed by atoms with Crippen LogP contribution in [0.1, 0.15) is 13.3 Å². The van der Waals surface area contributed by atoms with Crippen molar-refractivity contribution in [3.63, 3.8) is 0 Å². The van der Waals surface area contributed by atoms with Crippen molar-refractivity contribution in [3.8, 4) is 0 Å². The lowest BCUT2D eigenvalue weighted by Gasteiger charge is -2.07. The third kappa shape index (κ3) is 0.775. The van der Waals surface area contributed by atoms with Gasteiger partial charge in [-0.1, -0.05) is 6.92 Å². The molecule has 2 rings (SSSR count). The quantitative estimate of drug-likeness (QED) is 0.485. The van der Waals surface area contributed by atoms with E-state index in [1.807, 2.05) is 0 Å². The predicted octanol–water partition coefficient (Wildman–Crippen LogP) is 1.02. The second-order valence-electron chi connectivity index (χ2n) is 3.00. The molecule has 0 bridgehead atoms. The first-order valence-electron chi connectivity index (χ1n) is 3.61. The normalized spacial score (nSPS) is 49.7. The molecule has 0 saturated carbocycles. The fourth-order valence-electron chi connectivity index (χ4n) is 1.67. The van der Waals surface area contributed by atoms with Gasteiger partial charge in [0.25, 0.3) is 0 Å². The van der Waals surface area contributed by atoms with Gasteiger partial charge in [0, 0.05) is 5.92 Å². The molecule has 2 aliphatic rings. The van der Waals surface area contributed by atoms with Gasteiger partial charge in [-0.3, -0.25) is 0 Å². The molecule has 9 heavy (non-hydrogen) atoms. The minimum atomic E-state index is 0.153. The lowest BCUT2D eigenvalue weighted by atomic mass is 9.96. The van der Waals surface area contributed by atoms with E-state index in [4.69, 9.17) is 9.47 Å². The zero-order chi connectivity index (χ0) is 6.27. The number of fused-ring (bicyclic) bond motifs is 1. The Labute approximate surface area is 55.1 Å². The molecule has 2 heterocycles. The maximum Gasteiger partial charge on any atom is 0.160 e. The Morgan fingerprint density at radius 1 is 1.33 bits per heavy atom. The van der Waals surface area contributed by atoms with Gasteiger partial charge in [0.15, 0.2) is 6.29 Å². The first-order valence-corrected chi connectivity index (χ1v) is 3.61. The molecular formula is C7H12O2. The van der Waals surface area contributed by atoms with E-state index in [2.05, 4.69) is 6.92 Å². The van der Waals surface area contributed by atoms with Gasteiger partial charge in [0.05, 0.1) is 13.2 Å². The zero-order valence-corrected chi connectivity index (χ0v) is 5.67. The Bertz CT molecular complexity index is 113. The summed E-state index contributed by atoms with van der Waals surface area (Å²) in [7, 11) is 0. The summed E-state index contributed by atoms with van der Waals surface area (Å²) >= 11 is 0. The summed E-state index contributed by atoms with van der Waals surface area (Å²) in [4.78, 5) is 0. The van der Waals surface area contributed by atoms with E-state index in [0.717, 1.165) is 19.1 Å². The van der Waals surface area contributed by atoms with E-state index in [1.165, 1.54) is 6.42 Å². The number of hydrogen-bond donors (Lipinski definition) is 0. The predicted molar refractivity (Wildman–Crippen MR) is 33.0 cm³/mol. The zero-order valence-electron chi connectivity index (χ0n) is 5.67. The molecule has 2 saturated heterocycles. The third-order valence-corrected chi connectivity index (χ3v) is 2.34. The molecule has 0 aromatic heterocycles. The van der Waals surface area contributed by atoms with Crippen LogP contribution in [0.25, 0.3) is 0 Å². The van der Waals surface area contributed by atoms with Crippen LogP contribution in [0.2, 0.25) is 0 Å². The molecule has 2 fully saturated rings. The largest absolute Gasteiger partial charge is 0.352 e. The Kier molecular flexibility index (Phi) is 1.24. The van der Waals surface area contributed by atoms with Crippen molar-refractivity contribution >= 4 is 0 Å². The molecule has 0 amide bonds. The summed E-state index contributed by atoms with van der Waals surface area (Å²) in [6, 6.07) is 0. The highest BCUT2D eigenvalue weighted by Crippen LogP contribution is 2.34. The lowest BCUT2D eigenvalue weighted by Crippen LogP contribution is -2.12. The van der Waals surface area contributed by atoms with Crippen molar-refractivity contribution in [2.45, 2.75) is 19.6 Å². The van der Waals surface area contributed by atoms with Crippen LogP contribution in [0.15, 0.2) is 0 Å². The fourth-order valence-corrected chi connectivity index (χ4v) is 1.67. The summed E-state index contributed by atoms with van der Waals surface area (Å²) in [6.07, 6.45) is 1.35. The number of hydrogen-bond acceptors (Lipinski definition) is 2. The van der Waals surface area contributed by atoms with Gasteiger partial charge in [-0.25, -0.2) is 0 Å². The Hall–Kier alpha value is -0.0800. The molecule has 0 radical (unpaired) electrons. The second-order valence-corrected chi connectivity index (χ2v) is 3.00. The Balaban J connectivity index is 2.07. The topological polar surface area (TPSA) is 18.5 Å². The van der Waals surface area contributed by atoms with Crippen LogP contribution in [0, 0.1) is 11.8 Å². The molecule has 0 aromatic rings. The summed E-state index contributed by atoms with van der Waals surface area (Å²) < 4.78 is 10.7. The third-order valence-electron chi connectivity index (χ3n) is 2.34. The lowest BCUT2D eigenvalue weighted by molar-refractivity contribution is -0.0905. The van der Waals surface area contributed by atoms with Crippen LogP contribution < -0.4 is 0 Å². The highest BCUT2D eigenvalue weighted by atomic mass is 16.7. The molecule has 2 heteroatoms. The van der Waals surface area contributed by atoms with E-state index in [1.54, 1.807) is 0 Å². The minimum Gasteiger partial charge on any atom is -0.352 e. The molecule has 3 atom stereocenters. The summed E-state index contributed by atoms with van der Waals surface area (Å²) in [6.45, 7) is 4.04. The van der Waals surface area contributed by atoms with Crippen LogP contribution in [0.4, 0.5) is 0 Å². The highest BCUT2D eigenvalue weighted by Gasteiger charge is 2.38. The van der Waals surface area contributed by atoms with Crippen LogP contribution in [0.5, 0.6) is 0 Å². The van der Waals surface area contributed by atoms with Crippen molar-refractivity contribution in [3.05, 3.63) is 0 Å². The Morgan fingerprint density at radius 3 is 3.00 bits per heavy atom. The van der Waals surface area contributed by atoms with Gasteiger partial charge in [-0.15, -0.1) is 0 Å². The summed E-state index contributed by atoms with van der Waals surface area (Å²) in [5, 5.41) is 0. The summed E-state index contributed by atoms with van der Waals surface area (Å²) in [5.41, 5.74) is 0. The first-order chi connectivity index (χ1) is 4.38. The molecule has 52 valence electrons. The fraction of sp³-hybridized carbons (Fsp3) is 1.00. The molecule has 2 nitrogen and oxygen atoms in total. The maximum absolute atomic E-state index is 5.37. The van der Waals surface area contributed by atoms with Crippen LogP contribution in [-0.4, -0.2) is 19.5 Å². The van der Waals surface area contributed by atoms with Crippen molar-refractivity contribution in [1.82, 2.24) is 0 Å². The minimum absolute atomic E-state index is 0.153. The average molecular weight is 128 g/mol. The average Bonchev–Trinajstić information content (AvgIpc) is 2.35. The number of rotatable bonds is 0. The second kappa shape index (κ2) is 1.96. The van der Waals surface area contributed by atoms with E-state index in [-0.39, 0.29) is 6.29 Å². The van der Waals surface area contributed by atoms with E-state index in [9.17, 15) is 0 Å². The van der Waals surface area contributed by atoms with Crippen molar-refractivity contribution in [1.29, 1.82) is 0 Å². The SMILES string of the molecule is CC1COC2OCCC12. The van der Waals surface area contributed by atoms with E-state index in [0.29, 0.717) is 5.92 Å². The van der Waals surface area contributed by atoms with Crippen molar-refractivity contribution in [2.24, 2.45) is 11.8 Å². The summed E-state index contributed by atoms with van der Waals surface area (Å²) in [5.74, 6) is 1.42. The van der Waals surface area contributed by atoms with E-state index >= 15 is 0 Å². The highest BCUT2D eigenvalue weighted by molar-refractivity contribution is 4.79. The maximum atomic E-state index is 5.37. The van der Waals surface area contributed by atoms with E-state index < -0.39 is 0 Å². The molecule has 0 aromatic carbocycles. The van der Waals surface area contributed by atoms with Crippen molar-refractivity contribution < 1.29 is 9.47 Å².